The van der Waals surface area contributed by atoms with Crippen LogP contribution in [0.2, 0.25) is 0 Å². The third-order valence-corrected chi connectivity index (χ3v) is 3.59. The van der Waals surface area contributed by atoms with Crippen molar-refractivity contribution in [3.8, 4) is 0 Å². The van der Waals surface area contributed by atoms with Crippen LogP contribution in [0, 0.1) is 12.7 Å². The normalized spacial score (nSPS) is 10.8. The standard InChI is InChI=1S/C17H13FN6O2/c1-9-2-3-11(7-19-9)22-16-20-8-12(18)15(24-16)21-10-4-5-14-13(6-10)23-17(25)26-14/h2-8H,1H3,(H,23,25)(H2,20,21,22,24). The van der Waals surface area contributed by atoms with Crippen molar-refractivity contribution in [1.82, 2.24) is 19.9 Å². The molecule has 0 aliphatic rings. The molecule has 130 valence electrons. The van der Waals surface area contributed by atoms with Crippen LogP contribution in [0.25, 0.3) is 11.1 Å². The fourth-order valence-electron chi connectivity index (χ4n) is 2.35. The Bertz CT molecular complexity index is 1140. The molecule has 0 saturated heterocycles. The smallest absolute Gasteiger partial charge is 0.408 e. The van der Waals surface area contributed by atoms with Crippen LogP contribution in [0.15, 0.2) is 51.9 Å². The maximum Gasteiger partial charge on any atom is 0.417 e. The van der Waals surface area contributed by atoms with E-state index in [0.29, 0.717) is 22.5 Å². The van der Waals surface area contributed by atoms with E-state index in [1.54, 1.807) is 24.4 Å². The summed E-state index contributed by atoms with van der Waals surface area (Å²) in [5.74, 6) is -0.952. The molecule has 9 heteroatoms. The zero-order chi connectivity index (χ0) is 18.1. The van der Waals surface area contributed by atoms with Gasteiger partial charge in [-0.3, -0.25) is 9.97 Å². The number of aromatic nitrogens is 4. The van der Waals surface area contributed by atoms with E-state index >= 15 is 0 Å². The van der Waals surface area contributed by atoms with Crippen LogP contribution in [0.1, 0.15) is 5.69 Å². The molecule has 4 rings (SSSR count). The summed E-state index contributed by atoms with van der Waals surface area (Å²) in [4.78, 5) is 26.0. The summed E-state index contributed by atoms with van der Waals surface area (Å²) in [5.41, 5.74) is 3.02. The number of benzene rings is 1. The summed E-state index contributed by atoms with van der Waals surface area (Å²) >= 11 is 0. The minimum atomic E-state index is -0.613. The first kappa shape index (κ1) is 15.8. The third kappa shape index (κ3) is 3.22. The second kappa shape index (κ2) is 6.28. The molecule has 0 radical (unpaired) electrons. The Morgan fingerprint density at radius 2 is 1.92 bits per heavy atom. The van der Waals surface area contributed by atoms with Crippen molar-refractivity contribution in [3.05, 3.63) is 64.8 Å². The number of nitrogens with one attached hydrogen (secondary N) is 3. The number of anilines is 4. The molecule has 0 unspecified atom stereocenters. The first-order valence-electron chi connectivity index (χ1n) is 7.69. The van der Waals surface area contributed by atoms with Gasteiger partial charge in [0.15, 0.2) is 17.2 Å². The first-order valence-corrected chi connectivity index (χ1v) is 7.69. The van der Waals surface area contributed by atoms with Gasteiger partial charge in [0.2, 0.25) is 5.95 Å². The molecule has 0 atom stereocenters. The Balaban J connectivity index is 1.60. The second-order valence-corrected chi connectivity index (χ2v) is 5.55. The summed E-state index contributed by atoms with van der Waals surface area (Å²) in [5, 5.41) is 5.83. The molecule has 0 saturated carbocycles. The molecule has 3 heterocycles. The Labute approximate surface area is 146 Å². The Kier molecular flexibility index (Phi) is 3.81. The molecule has 3 N–H and O–H groups in total. The zero-order valence-electron chi connectivity index (χ0n) is 13.6. The fourth-order valence-corrected chi connectivity index (χ4v) is 2.35. The lowest BCUT2D eigenvalue weighted by Crippen LogP contribution is -2.03. The van der Waals surface area contributed by atoms with Gasteiger partial charge in [-0.15, -0.1) is 0 Å². The highest BCUT2D eigenvalue weighted by molar-refractivity contribution is 5.78. The van der Waals surface area contributed by atoms with Gasteiger partial charge in [0.05, 0.1) is 23.6 Å². The van der Waals surface area contributed by atoms with Crippen LogP contribution in [-0.2, 0) is 0 Å². The Morgan fingerprint density at radius 3 is 2.73 bits per heavy atom. The van der Waals surface area contributed by atoms with Crippen molar-refractivity contribution in [1.29, 1.82) is 0 Å². The number of aryl methyl sites for hydroxylation is 1. The number of fused-ring (bicyclic) bond motifs is 1. The van der Waals surface area contributed by atoms with Crippen LogP contribution in [0.5, 0.6) is 0 Å². The quantitative estimate of drug-likeness (QED) is 0.517. The largest absolute Gasteiger partial charge is 0.417 e. The van der Waals surface area contributed by atoms with Gasteiger partial charge in [-0.25, -0.2) is 14.2 Å². The summed E-state index contributed by atoms with van der Waals surface area (Å²) in [6.45, 7) is 1.88. The minimum Gasteiger partial charge on any atom is -0.408 e. The minimum absolute atomic E-state index is 0.00670. The van der Waals surface area contributed by atoms with E-state index in [1.165, 1.54) is 0 Å². The van der Waals surface area contributed by atoms with Gasteiger partial charge in [0.25, 0.3) is 0 Å². The number of nitrogens with zero attached hydrogens (tertiary/aromatic N) is 3. The Hall–Kier alpha value is -3.75. The summed E-state index contributed by atoms with van der Waals surface area (Å²) < 4.78 is 19.0. The van der Waals surface area contributed by atoms with Crippen LogP contribution in [0.3, 0.4) is 0 Å². The number of pyridine rings is 1. The van der Waals surface area contributed by atoms with Gasteiger partial charge in [0.1, 0.15) is 0 Å². The number of rotatable bonds is 4. The number of H-pyrrole nitrogens is 1. The van der Waals surface area contributed by atoms with Crippen molar-refractivity contribution in [3.63, 3.8) is 0 Å². The molecule has 3 aromatic heterocycles. The van der Waals surface area contributed by atoms with Gasteiger partial charge in [-0.05, 0) is 37.3 Å². The predicted molar refractivity (Wildman–Crippen MR) is 94.4 cm³/mol. The maximum atomic E-state index is 14.1. The highest BCUT2D eigenvalue weighted by Crippen LogP contribution is 2.22. The average Bonchev–Trinajstić information content (AvgIpc) is 2.99. The lowest BCUT2D eigenvalue weighted by Gasteiger charge is -2.09. The average molecular weight is 352 g/mol. The van der Waals surface area contributed by atoms with Crippen LogP contribution in [-0.4, -0.2) is 19.9 Å². The van der Waals surface area contributed by atoms with E-state index in [4.69, 9.17) is 4.42 Å². The van der Waals surface area contributed by atoms with Gasteiger partial charge in [-0.1, -0.05) is 0 Å². The number of hydrogen-bond acceptors (Lipinski definition) is 7. The molecular weight excluding hydrogens is 339 g/mol. The molecule has 0 bridgehead atoms. The molecule has 0 fully saturated rings. The topological polar surface area (TPSA) is 109 Å². The molecular formula is C17H13FN6O2. The summed E-state index contributed by atoms with van der Waals surface area (Å²) in [7, 11) is 0. The highest BCUT2D eigenvalue weighted by Gasteiger charge is 2.09. The van der Waals surface area contributed by atoms with E-state index in [-0.39, 0.29) is 11.8 Å². The molecule has 8 nitrogen and oxygen atoms in total. The second-order valence-electron chi connectivity index (χ2n) is 5.55. The van der Waals surface area contributed by atoms with E-state index in [0.717, 1.165) is 11.9 Å². The van der Waals surface area contributed by atoms with E-state index in [2.05, 4.69) is 30.6 Å². The van der Waals surface area contributed by atoms with Gasteiger partial charge < -0.3 is 15.1 Å². The lowest BCUT2D eigenvalue weighted by atomic mass is 10.3. The van der Waals surface area contributed by atoms with Crippen molar-refractivity contribution >= 4 is 34.2 Å². The predicted octanol–water partition coefficient (Wildman–Crippen LogP) is 3.24. The van der Waals surface area contributed by atoms with Crippen LogP contribution >= 0.6 is 0 Å². The number of aromatic amines is 1. The van der Waals surface area contributed by atoms with Crippen LogP contribution < -0.4 is 16.4 Å². The molecule has 0 aliphatic heterocycles. The van der Waals surface area contributed by atoms with Crippen molar-refractivity contribution < 1.29 is 8.81 Å². The molecule has 0 aliphatic carbocycles. The van der Waals surface area contributed by atoms with Gasteiger partial charge >= 0.3 is 5.76 Å². The van der Waals surface area contributed by atoms with Crippen LogP contribution in [0.4, 0.5) is 27.5 Å². The number of halogens is 1. The molecule has 0 amide bonds. The van der Waals surface area contributed by atoms with Crippen molar-refractivity contribution in [2.45, 2.75) is 6.92 Å². The van der Waals surface area contributed by atoms with Gasteiger partial charge in [-0.2, -0.15) is 4.98 Å². The zero-order valence-corrected chi connectivity index (χ0v) is 13.6. The molecule has 4 aromatic rings. The van der Waals surface area contributed by atoms with Crippen molar-refractivity contribution in [2.75, 3.05) is 10.6 Å². The first-order chi connectivity index (χ1) is 12.6. The number of hydrogen-bond donors (Lipinski definition) is 3. The lowest BCUT2D eigenvalue weighted by molar-refractivity contribution is 0.555. The SMILES string of the molecule is Cc1ccc(Nc2ncc(F)c(Nc3ccc4oc(=O)[nH]c4c3)n2)cn1. The Morgan fingerprint density at radius 1 is 1.08 bits per heavy atom. The highest BCUT2D eigenvalue weighted by atomic mass is 19.1. The summed E-state index contributed by atoms with van der Waals surface area (Å²) in [6.07, 6.45) is 2.70. The third-order valence-electron chi connectivity index (χ3n) is 3.59. The summed E-state index contributed by atoms with van der Waals surface area (Å²) in [6, 6.07) is 8.54. The number of oxazole rings is 1. The molecule has 26 heavy (non-hydrogen) atoms. The van der Waals surface area contributed by atoms with Crippen molar-refractivity contribution in [2.24, 2.45) is 0 Å². The van der Waals surface area contributed by atoms with E-state index in [9.17, 15) is 9.18 Å². The maximum absolute atomic E-state index is 14.1. The fraction of sp³-hybridized carbons (Fsp3) is 0.0588. The molecule has 0 spiro atoms. The van der Waals surface area contributed by atoms with E-state index in [1.807, 2.05) is 19.1 Å². The van der Waals surface area contributed by atoms with E-state index < -0.39 is 11.6 Å². The van der Waals surface area contributed by atoms with Gasteiger partial charge in [0, 0.05) is 11.4 Å². The molecule has 1 aromatic carbocycles. The monoisotopic (exact) mass is 352 g/mol.